The van der Waals surface area contributed by atoms with Gasteiger partial charge in [0.15, 0.2) is 0 Å². The summed E-state index contributed by atoms with van der Waals surface area (Å²) in [5, 5.41) is 3.00. The van der Waals surface area contributed by atoms with Gasteiger partial charge in [-0.1, -0.05) is 6.07 Å². The molecule has 5 nitrogen and oxygen atoms in total. The lowest BCUT2D eigenvalue weighted by atomic mass is 10.1. The maximum atomic E-state index is 11.0. The third-order valence-corrected chi connectivity index (χ3v) is 2.67. The van der Waals surface area contributed by atoms with Crippen LogP contribution < -0.4 is 14.8 Å². The smallest absolute Gasteiger partial charge is 0.319 e. The molecule has 0 atom stereocenters. The van der Waals surface area contributed by atoms with Crippen LogP contribution in [0.4, 0.5) is 0 Å². The van der Waals surface area contributed by atoms with E-state index in [1.807, 2.05) is 19.1 Å². The number of carbonyl (C=O) groups is 1. The quantitative estimate of drug-likeness (QED) is 0.774. The van der Waals surface area contributed by atoms with Crippen LogP contribution in [0.5, 0.6) is 11.5 Å². The monoisotopic (exact) mass is 253 g/mol. The normalized spacial score (nSPS) is 10.0. The van der Waals surface area contributed by atoms with Crippen LogP contribution in [0.15, 0.2) is 12.1 Å². The molecule has 1 aromatic carbocycles. The lowest BCUT2D eigenvalue weighted by Gasteiger charge is -2.14. The molecule has 0 unspecified atom stereocenters. The van der Waals surface area contributed by atoms with Crippen molar-refractivity contribution in [2.75, 3.05) is 27.9 Å². The number of esters is 1. The summed E-state index contributed by atoms with van der Waals surface area (Å²) in [7, 11) is 4.60. The highest BCUT2D eigenvalue weighted by Gasteiger charge is 2.11. The minimum absolute atomic E-state index is 0.171. The largest absolute Gasteiger partial charge is 0.496 e. The summed E-state index contributed by atoms with van der Waals surface area (Å²) in [6.45, 7) is 2.63. The Bertz CT molecular complexity index is 418. The van der Waals surface area contributed by atoms with Crippen molar-refractivity contribution in [2.45, 2.75) is 13.5 Å². The van der Waals surface area contributed by atoms with Crippen molar-refractivity contribution in [3.63, 3.8) is 0 Å². The second kappa shape index (κ2) is 6.86. The van der Waals surface area contributed by atoms with E-state index in [2.05, 4.69) is 10.1 Å². The topological polar surface area (TPSA) is 56.8 Å². The second-order valence-electron chi connectivity index (χ2n) is 3.76. The molecule has 0 heterocycles. The average molecular weight is 253 g/mol. The maximum Gasteiger partial charge on any atom is 0.319 e. The van der Waals surface area contributed by atoms with Gasteiger partial charge in [-0.2, -0.15) is 0 Å². The van der Waals surface area contributed by atoms with Crippen LogP contribution in [0.25, 0.3) is 0 Å². The zero-order valence-electron chi connectivity index (χ0n) is 11.2. The van der Waals surface area contributed by atoms with Crippen molar-refractivity contribution in [3.8, 4) is 11.5 Å². The molecule has 0 radical (unpaired) electrons. The van der Waals surface area contributed by atoms with E-state index in [1.54, 1.807) is 14.2 Å². The summed E-state index contributed by atoms with van der Waals surface area (Å²) in [4.78, 5) is 11.0. The van der Waals surface area contributed by atoms with E-state index >= 15 is 0 Å². The highest BCUT2D eigenvalue weighted by molar-refractivity contribution is 5.71. The summed E-state index contributed by atoms with van der Waals surface area (Å²) in [5.41, 5.74) is 1.91. The fourth-order valence-corrected chi connectivity index (χ4v) is 1.75. The number of rotatable bonds is 6. The molecule has 1 rings (SSSR count). The van der Waals surface area contributed by atoms with Crippen LogP contribution in [-0.4, -0.2) is 33.8 Å². The molecule has 0 aliphatic carbocycles. The first-order chi connectivity index (χ1) is 8.63. The van der Waals surface area contributed by atoms with Gasteiger partial charge in [-0.3, -0.25) is 4.79 Å². The number of benzene rings is 1. The molecule has 100 valence electrons. The van der Waals surface area contributed by atoms with Gasteiger partial charge in [0.1, 0.15) is 11.5 Å². The number of hydrogen-bond acceptors (Lipinski definition) is 5. The molecule has 1 aromatic rings. The van der Waals surface area contributed by atoms with Gasteiger partial charge in [-0.25, -0.2) is 0 Å². The molecule has 0 fully saturated rings. The molecule has 5 heteroatoms. The van der Waals surface area contributed by atoms with Crippen molar-refractivity contribution in [1.29, 1.82) is 0 Å². The van der Waals surface area contributed by atoms with Crippen LogP contribution in [0.3, 0.4) is 0 Å². The molecule has 0 aliphatic rings. The first kappa shape index (κ1) is 14.3. The van der Waals surface area contributed by atoms with Gasteiger partial charge in [0.05, 0.1) is 27.9 Å². The van der Waals surface area contributed by atoms with E-state index in [-0.39, 0.29) is 12.5 Å². The molecule has 0 aromatic heterocycles. The third kappa shape index (κ3) is 3.37. The van der Waals surface area contributed by atoms with E-state index in [0.717, 1.165) is 22.6 Å². The third-order valence-electron chi connectivity index (χ3n) is 2.67. The second-order valence-corrected chi connectivity index (χ2v) is 3.76. The highest BCUT2D eigenvalue weighted by Crippen LogP contribution is 2.31. The zero-order valence-corrected chi connectivity index (χ0v) is 11.2. The van der Waals surface area contributed by atoms with Crippen LogP contribution in [0.2, 0.25) is 0 Å². The van der Waals surface area contributed by atoms with E-state index in [0.29, 0.717) is 6.54 Å². The van der Waals surface area contributed by atoms with Crippen molar-refractivity contribution in [1.82, 2.24) is 5.32 Å². The molecule has 1 N–H and O–H groups in total. The van der Waals surface area contributed by atoms with Crippen molar-refractivity contribution < 1.29 is 19.0 Å². The van der Waals surface area contributed by atoms with E-state index < -0.39 is 0 Å². The highest BCUT2D eigenvalue weighted by atomic mass is 16.5. The molecule has 0 amide bonds. The van der Waals surface area contributed by atoms with Crippen LogP contribution in [0.1, 0.15) is 11.1 Å². The predicted octanol–water partition coefficient (Wildman–Crippen LogP) is 1.27. The molecular formula is C13H19NO4. The Labute approximate surface area is 107 Å². The average Bonchev–Trinajstić information content (AvgIpc) is 2.39. The van der Waals surface area contributed by atoms with Gasteiger partial charge in [-0.15, -0.1) is 0 Å². The van der Waals surface area contributed by atoms with E-state index in [4.69, 9.17) is 9.47 Å². The molecular weight excluding hydrogens is 234 g/mol. The summed E-state index contributed by atoms with van der Waals surface area (Å²) >= 11 is 0. The molecule has 0 saturated heterocycles. The fourth-order valence-electron chi connectivity index (χ4n) is 1.75. The number of carbonyl (C=O) groups excluding carboxylic acids is 1. The number of methoxy groups -OCH3 is 3. The molecule has 0 aliphatic heterocycles. The Hall–Kier alpha value is -1.75. The van der Waals surface area contributed by atoms with Gasteiger partial charge >= 0.3 is 5.97 Å². The van der Waals surface area contributed by atoms with E-state index in [1.165, 1.54) is 7.11 Å². The van der Waals surface area contributed by atoms with Crippen LogP contribution in [-0.2, 0) is 16.1 Å². The minimum Gasteiger partial charge on any atom is -0.496 e. The standard InChI is InChI=1S/C13H19NO4/c1-9-11(16-2)6-5-10(13(9)18-4)7-14-8-12(15)17-3/h5-6,14H,7-8H2,1-4H3. The Morgan fingerprint density at radius 1 is 1.22 bits per heavy atom. The Morgan fingerprint density at radius 3 is 2.50 bits per heavy atom. The maximum absolute atomic E-state index is 11.0. The van der Waals surface area contributed by atoms with Gasteiger partial charge in [-0.05, 0) is 13.0 Å². The number of hydrogen-bond donors (Lipinski definition) is 1. The number of ether oxygens (including phenoxy) is 3. The SMILES string of the molecule is COC(=O)CNCc1ccc(OC)c(C)c1OC. The predicted molar refractivity (Wildman–Crippen MR) is 68.0 cm³/mol. The van der Waals surface area contributed by atoms with Gasteiger partial charge in [0.2, 0.25) is 0 Å². The first-order valence-corrected chi connectivity index (χ1v) is 5.62. The van der Waals surface area contributed by atoms with Crippen LogP contribution >= 0.6 is 0 Å². The van der Waals surface area contributed by atoms with E-state index in [9.17, 15) is 4.79 Å². The van der Waals surface area contributed by atoms with Gasteiger partial charge in [0.25, 0.3) is 0 Å². The fraction of sp³-hybridized carbons (Fsp3) is 0.462. The minimum atomic E-state index is -0.292. The first-order valence-electron chi connectivity index (χ1n) is 5.62. The molecule has 0 saturated carbocycles. The Kier molecular flexibility index (Phi) is 5.45. The summed E-state index contributed by atoms with van der Waals surface area (Å²) in [6, 6.07) is 3.79. The van der Waals surface area contributed by atoms with Crippen molar-refractivity contribution in [3.05, 3.63) is 23.3 Å². The van der Waals surface area contributed by atoms with Crippen molar-refractivity contribution in [2.24, 2.45) is 0 Å². The lowest BCUT2D eigenvalue weighted by Crippen LogP contribution is -2.23. The molecule has 0 spiro atoms. The Balaban J connectivity index is 2.77. The van der Waals surface area contributed by atoms with Crippen molar-refractivity contribution >= 4 is 5.97 Å². The Morgan fingerprint density at radius 2 is 1.94 bits per heavy atom. The lowest BCUT2D eigenvalue weighted by molar-refractivity contribution is -0.139. The summed E-state index contributed by atoms with van der Waals surface area (Å²) < 4.78 is 15.1. The van der Waals surface area contributed by atoms with Gasteiger partial charge < -0.3 is 19.5 Å². The molecule has 0 bridgehead atoms. The number of nitrogens with one attached hydrogen (secondary N) is 1. The van der Waals surface area contributed by atoms with Crippen LogP contribution in [0, 0.1) is 6.92 Å². The molecule has 18 heavy (non-hydrogen) atoms. The summed E-state index contributed by atoms with van der Waals surface area (Å²) in [5.74, 6) is 1.26. The zero-order chi connectivity index (χ0) is 13.5. The van der Waals surface area contributed by atoms with Gasteiger partial charge in [0, 0.05) is 17.7 Å². The summed E-state index contributed by atoms with van der Waals surface area (Å²) in [6.07, 6.45) is 0.